The quantitative estimate of drug-likeness (QED) is 0.832. The predicted octanol–water partition coefficient (Wildman–Crippen LogP) is 2.68. The van der Waals surface area contributed by atoms with Gasteiger partial charge in [0.1, 0.15) is 5.82 Å². The smallest absolute Gasteiger partial charge is 0.319 e. The van der Waals surface area contributed by atoms with Gasteiger partial charge < -0.3 is 10.6 Å². The molecule has 0 aliphatic rings. The van der Waals surface area contributed by atoms with Crippen molar-refractivity contribution in [1.82, 2.24) is 10.2 Å². The van der Waals surface area contributed by atoms with E-state index in [0.717, 1.165) is 13.1 Å². The minimum absolute atomic E-state index is 0.272. The summed E-state index contributed by atoms with van der Waals surface area (Å²) in [4.78, 5) is 13.9. The van der Waals surface area contributed by atoms with Gasteiger partial charge in [0.25, 0.3) is 0 Å². The molecular formula is C14H22FN3O. The number of carbonyl (C=O) groups is 1. The third-order valence-corrected chi connectivity index (χ3v) is 3.08. The van der Waals surface area contributed by atoms with Gasteiger partial charge in [-0.1, -0.05) is 19.9 Å². The number of anilines is 1. The summed E-state index contributed by atoms with van der Waals surface area (Å²) >= 11 is 0. The summed E-state index contributed by atoms with van der Waals surface area (Å²) in [6, 6.07) is 5.79. The molecule has 0 aliphatic heterocycles. The Morgan fingerprint density at radius 1 is 1.37 bits per heavy atom. The van der Waals surface area contributed by atoms with Crippen molar-refractivity contribution in [3.05, 3.63) is 30.1 Å². The highest BCUT2D eigenvalue weighted by atomic mass is 19.1. The van der Waals surface area contributed by atoms with Crippen LogP contribution in [-0.2, 0) is 0 Å². The summed E-state index contributed by atoms with van der Waals surface area (Å²) in [7, 11) is 0. The molecule has 0 aliphatic carbocycles. The number of hydrogen-bond acceptors (Lipinski definition) is 2. The molecule has 4 nitrogen and oxygen atoms in total. The minimum atomic E-state index is -0.366. The normalized spacial score (nSPS) is 12.3. The zero-order valence-electron chi connectivity index (χ0n) is 11.7. The maximum atomic E-state index is 13.0. The van der Waals surface area contributed by atoms with Crippen LogP contribution < -0.4 is 10.6 Å². The van der Waals surface area contributed by atoms with E-state index in [-0.39, 0.29) is 17.9 Å². The van der Waals surface area contributed by atoms with E-state index < -0.39 is 0 Å². The summed E-state index contributed by atoms with van der Waals surface area (Å²) in [5, 5.41) is 5.39. The molecule has 2 amide bonds. The molecule has 1 rings (SSSR count). The molecular weight excluding hydrogens is 245 g/mol. The molecule has 0 bridgehead atoms. The molecule has 5 heteroatoms. The second kappa shape index (κ2) is 7.74. The lowest BCUT2D eigenvalue weighted by atomic mass is 10.3. The van der Waals surface area contributed by atoms with Crippen molar-refractivity contribution in [2.75, 3.05) is 25.0 Å². The van der Waals surface area contributed by atoms with E-state index in [9.17, 15) is 9.18 Å². The lowest BCUT2D eigenvalue weighted by molar-refractivity contribution is 0.220. The summed E-state index contributed by atoms with van der Waals surface area (Å²) in [6.07, 6.45) is 0. The van der Waals surface area contributed by atoms with Gasteiger partial charge in [-0.2, -0.15) is 0 Å². The van der Waals surface area contributed by atoms with Crippen LogP contribution in [-0.4, -0.2) is 36.6 Å². The van der Waals surface area contributed by atoms with Gasteiger partial charge in [0.15, 0.2) is 0 Å². The maximum absolute atomic E-state index is 13.0. The Morgan fingerprint density at radius 3 is 2.63 bits per heavy atom. The first-order chi connectivity index (χ1) is 9.06. The van der Waals surface area contributed by atoms with Crippen LogP contribution >= 0.6 is 0 Å². The standard InChI is InChI=1S/C14H22FN3O/c1-4-18(5-2)11(3)10-16-14(19)17-13-8-6-7-12(15)9-13/h6-9,11H,4-5,10H2,1-3H3,(H2,16,17,19)/t11-/m1/s1. The first-order valence-corrected chi connectivity index (χ1v) is 6.61. The van der Waals surface area contributed by atoms with E-state index in [2.05, 4.69) is 36.3 Å². The average molecular weight is 267 g/mol. The lowest BCUT2D eigenvalue weighted by Gasteiger charge is -2.26. The van der Waals surface area contributed by atoms with Crippen LogP contribution in [0.1, 0.15) is 20.8 Å². The Morgan fingerprint density at radius 2 is 2.05 bits per heavy atom. The summed E-state index contributed by atoms with van der Waals surface area (Å²) in [5.41, 5.74) is 0.452. The van der Waals surface area contributed by atoms with E-state index in [1.165, 1.54) is 12.1 Å². The van der Waals surface area contributed by atoms with Crippen LogP contribution in [0, 0.1) is 5.82 Å². The Balaban J connectivity index is 2.39. The van der Waals surface area contributed by atoms with Crippen molar-refractivity contribution < 1.29 is 9.18 Å². The fourth-order valence-corrected chi connectivity index (χ4v) is 1.96. The number of nitrogens with one attached hydrogen (secondary N) is 2. The van der Waals surface area contributed by atoms with Crippen LogP contribution in [0.4, 0.5) is 14.9 Å². The number of amides is 2. The number of hydrogen-bond donors (Lipinski definition) is 2. The van der Waals surface area contributed by atoms with Gasteiger partial charge in [0.05, 0.1) is 0 Å². The molecule has 1 aromatic carbocycles. The Kier molecular flexibility index (Phi) is 6.29. The number of halogens is 1. The van der Waals surface area contributed by atoms with Crippen LogP contribution in [0.2, 0.25) is 0 Å². The van der Waals surface area contributed by atoms with Crippen molar-refractivity contribution in [2.45, 2.75) is 26.8 Å². The molecule has 0 unspecified atom stereocenters. The van der Waals surface area contributed by atoms with Crippen molar-refractivity contribution in [1.29, 1.82) is 0 Å². The molecule has 2 N–H and O–H groups in total. The molecule has 106 valence electrons. The van der Waals surface area contributed by atoms with Gasteiger partial charge in [-0.3, -0.25) is 4.90 Å². The van der Waals surface area contributed by atoms with Gasteiger partial charge >= 0.3 is 6.03 Å². The summed E-state index contributed by atoms with van der Waals surface area (Å²) in [5.74, 6) is -0.366. The van der Waals surface area contributed by atoms with Crippen molar-refractivity contribution in [3.63, 3.8) is 0 Å². The first-order valence-electron chi connectivity index (χ1n) is 6.61. The van der Waals surface area contributed by atoms with Crippen molar-refractivity contribution in [2.24, 2.45) is 0 Å². The Bertz CT molecular complexity index is 407. The van der Waals surface area contributed by atoms with E-state index >= 15 is 0 Å². The fourth-order valence-electron chi connectivity index (χ4n) is 1.96. The monoisotopic (exact) mass is 267 g/mol. The highest BCUT2D eigenvalue weighted by Gasteiger charge is 2.11. The third kappa shape index (κ3) is 5.26. The highest BCUT2D eigenvalue weighted by Crippen LogP contribution is 2.08. The zero-order chi connectivity index (χ0) is 14.3. The Labute approximate surface area is 114 Å². The topological polar surface area (TPSA) is 44.4 Å². The maximum Gasteiger partial charge on any atom is 0.319 e. The number of carbonyl (C=O) groups excluding carboxylic acids is 1. The van der Waals surface area contributed by atoms with E-state index in [4.69, 9.17) is 0 Å². The molecule has 0 saturated heterocycles. The van der Waals surface area contributed by atoms with E-state index in [0.29, 0.717) is 12.2 Å². The molecule has 0 radical (unpaired) electrons. The molecule has 19 heavy (non-hydrogen) atoms. The number of benzene rings is 1. The summed E-state index contributed by atoms with van der Waals surface area (Å²) < 4.78 is 13.0. The van der Waals surface area contributed by atoms with Crippen LogP contribution in [0.15, 0.2) is 24.3 Å². The van der Waals surface area contributed by atoms with Gasteiger partial charge in [-0.05, 0) is 38.2 Å². The first kappa shape index (κ1) is 15.4. The molecule has 0 heterocycles. The molecule has 1 aromatic rings. The molecule has 1 atom stereocenters. The predicted molar refractivity (Wildman–Crippen MR) is 75.8 cm³/mol. The number of urea groups is 1. The van der Waals surface area contributed by atoms with Gasteiger partial charge in [0, 0.05) is 18.3 Å². The van der Waals surface area contributed by atoms with Crippen LogP contribution in [0.25, 0.3) is 0 Å². The molecule has 0 fully saturated rings. The fraction of sp³-hybridized carbons (Fsp3) is 0.500. The molecule has 0 saturated carbocycles. The Hall–Kier alpha value is -1.62. The molecule has 0 spiro atoms. The van der Waals surface area contributed by atoms with Crippen LogP contribution in [0.5, 0.6) is 0 Å². The third-order valence-electron chi connectivity index (χ3n) is 3.08. The second-order valence-electron chi connectivity index (χ2n) is 4.42. The SMILES string of the molecule is CCN(CC)[C@H](C)CNC(=O)Nc1cccc(F)c1. The lowest BCUT2D eigenvalue weighted by Crippen LogP contribution is -2.43. The number of nitrogens with zero attached hydrogens (tertiary/aromatic N) is 1. The average Bonchev–Trinajstić information content (AvgIpc) is 2.38. The van der Waals surface area contributed by atoms with Crippen molar-refractivity contribution in [3.8, 4) is 0 Å². The number of rotatable bonds is 6. The molecule has 0 aromatic heterocycles. The minimum Gasteiger partial charge on any atom is -0.336 e. The van der Waals surface area contributed by atoms with Gasteiger partial charge in [0.2, 0.25) is 0 Å². The van der Waals surface area contributed by atoms with E-state index in [1.807, 2.05) is 0 Å². The summed E-state index contributed by atoms with van der Waals surface area (Å²) in [6.45, 7) is 8.70. The van der Waals surface area contributed by atoms with Crippen molar-refractivity contribution >= 4 is 11.7 Å². The zero-order valence-corrected chi connectivity index (χ0v) is 11.7. The second-order valence-corrected chi connectivity index (χ2v) is 4.42. The largest absolute Gasteiger partial charge is 0.336 e. The highest BCUT2D eigenvalue weighted by molar-refractivity contribution is 5.89. The number of likely N-dealkylation sites (N-methyl/N-ethyl adjacent to an activating group) is 1. The van der Waals surface area contributed by atoms with Gasteiger partial charge in [-0.15, -0.1) is 0 Å². The van der Waals surface area contributed by atoms with Gasteiger partial charge in [-0.25, -0.2) is 9.18 Å². The van der Waals surface area contributed by atoms with E-state index in [1.54, 1.807) is 12.1 Å². The van der Waals surface area contributed by atoms with Crippen LogP contribution in [0.3, 0.4) is 0 Å².